The molecule has 0 amide bonds. The first-order valence-electron chi connectivity index (χ1n) is 10.9. The second-order valence-corrected chi connectivity index (χ2v) is 12.4. The Kier molecular flexibility index (Phi) is 9.07. The van der Waals surface area contributed by atoms with Crippen molar-refractivity contribution in [2.45, 2.75) is 30.9 Å². The normalized spacial score (nSPS) is 11.6. The molecule has 0 saturated heterocycles. The van der Waals surface area contributed by atoms with Crippen LogP contribution in [0.1, 0.15) is 19.4 Å². The molecule has 3 aromatic rings. The van der Waals surface area contributed by atoms with E-state index < -0.39 is 23.0 Å². The van der Waals surface area contributed by atoms with Crippen molar-refractivity contribution >= 4 is 52.3 Å². The smallest absolute Gasteiger partial charge is 0.342 e. The fourth-order valence-electron chi connectivity index (χ4n) is 3.51. The molecule has 1 heterocycles. The summed E-state index contributed by atoms with van der Waals surface area (Å²) in [5.74, 6) is 0.426. The van der Waals surface area contributed by atoms with Crippen LogP contribution in [0.25, 0.3) is 0 Å². The van der Waals surface area contributed by atoms with E-state index in [0.29, 0.717) is 23.5 Å². The van der Waals surface area contributed by atoms with Gasteiger partial charge in [-0.3, -0.25) is 0 Å². The van der Waals surface area contributed by atoms with Gasteiger partial charge in [-0.25, -0.2) is 21.9 Å². The summed E-state index contributed by atoms with van der Waals surface area (Å²) < 4.78 is 64.2. The average Bonchev–Trinajstić information content (AvgIpc) is 2.83. The van der Waals surface area contributed by atoms with Crippen molar-refractivity contribution in [2.24, 2.45) is 0 Å². The number of sulfonamides is 1. The van der Waals surface area contributed by atoms with Gasteiger partial charge in [0, 0.05) is 12.6 Å². The lowest BCUT2D eigenvalue weighted by Gasteiger charge is -2.34. The van der Waals surface area contributed by atoms with Crippen LogP contribution >= 0.6 is 30.9 Å². The molecule has 198 valence electrons. The van der Waals surface area contributed by atoms with E-state index in [0.717, 1.165) is 4.31 Å². The van der Waals surface area contributed by atoms with E-state index in [1.807, 2.05) is 0 Å². The van der Waals surface area contributed by atoms with E-state index in [1.54, 1.807) is 25.1 Å². The number of methoxy groups -OCH3 is 1. The SMILES string of the molecule is COc1ccccc1S(=O)(=O)N(c1cc(C)cc(OCCNc2cnnc(Cl)c2Cl)c1)C(C)(C)P(=O)=O. The molecule has 10 nitrogen and oxygen atoms in total. The van der Waals surface area contributed by atoms with Gasteiger partial charge in [-0.1, -0.05) is 35.3 Å². The van der Waals surface area contributed by atoms with Crippen molar-refractivity contribution in [1.82, 2.24) is 10.2 Å². The van der Waals surface area contributed by atoms with Gasteiger partial charge in [-0.15, -0.1) is 5.10 Å². The van der Waals surface area contributed by atoms with Gasteiger partial charge in [0.1, 0.15) is 28.0 Å². The Morgan fingerprint density at radius 1 is 1.14 bits per heavy atom. The quantitative estimate of drug-likeness (QED) is 0.222. The maximum absolute atomic E-state index is 13.9. The maximum atomic E-state index is 13.9. The van der Waals surface area contributed by atoms with Crippen LogP contribution in [0.2, 0.25) is 10.2 Å². The Morgan fingerprint density at radius 3 is 2.51 bits per heavy atom. The predicted octanol–water partition coefficient (Wildman–Crippen LogP) is 5.70. The van der Waals surface area contributed by atoms with E-state index in [9.17, 15) is 17.5 Å². The lowest BCUT2D eigenvalue weighted by molar-refractivity contribution is 0.332. The van der Waals surface area contributed by atoms with Crippen LogP contribution in [0, 0.1) is 6.92 Å². The van der Waals surface area contributed by atoms with Gasteiger partial charge in [0.2, 0.25) is 0 Å². The van der Waals surface area contributed by atoms with Gasteiger partial charge in [-0.05, 0) is 50.6 Å². The van der Waals surface area contributed by atoms with Crippen LogP contribution in [0.3, 0.4) is 0 Å². The summed E-state index contributed by atoms with van der Waals surface area (Å²) in [7, 11) is -6.26. The highest BCUT2D eigenvalue weighted by atomic mass is 35.5. The first-order chi connectivity index (χ1) is 17.4. The third kappa shape index (κ3) is 6.35. The molecule has 2 aromatic carbocycles. The molecule has 0 aliphatic rings. The van der Waals surface area contributed by atoms with Crippen molar-refractivity contribution < 1.29 is 27.0 Å². The Balaban J connectivity index is 1.95. The van der Waals surface area contributed by atoms with E-state index in [2.05, 4.69) is 15.5 Å². The zero-order valence-corrected chi connectivity index (χ0v) is 23.7. The summed E-state index contributed by atoms with van der Waals surface area (Å²) in [6, 6.07) is 10.8. The molecule has 0 radical (unpaired) electrons. The molecular weight excluding hydrogens is 562 g/mol. The summed E-state index contributed by atoms with van der Waals surface area (Å²) in [6.07, 6.45) is 1.42. The summed E-state index contributed by atoms with van der Waals surface area (Å²) in [5, 5.41) is 8.87. The second kappa shape index (κ2) is 11.7. The minimum atomic E-state index is -4.39. The van der Waals surface area contributed by atoms with Crippen molar-refractivity contribution in [3.63, 3.8) is 0 Å². The van der Waals surface area contributed by atoms with E-state index >= 15 is 0 Å². The molecule has 0 fully saturated rings. The van der Waals surface area contributed by atoms with Gasteiger partial charge in [-0.2, -0.15) is 5.10 Å². The Bertz CT molecular complexity index is 1460. The van der Waals surface area contributed by atoms with Crippen molar-refractivity contribution in [2.75, 3.05) is 29.9 Å². The highest BCUT2D eigenvalue weighted by Crippen LogP contribution is 2.43. The van der Waals surface area contributed by atoms with E-state index in [-0.39, 0.29) is 33.1 Å². The maximum Gasteiger partial charge on any atom is 0.342 e. The molecular formula is C23H25Cl2N4O6PS. The summed E-state index contributed by atoms with van der Waals surface area (Å²) in [6.45, 7) is 4.85. The van der Waals surface area contributed by atoms with Gasteiger partial charge >= 0.3 is 7.68 Å². The molecule has 0 aliphatic heterocycles. The van der Waals surface area contributed by atoms with Crippen LogP contribution in [0.4, 0.5) is 11.4 Å². The number of nitrogens with one attached hydrogen (secondary N) is 1. The van der Waals surface area contributed by atoms with Crippen LogP contribution < -0.4 is 19.1 Å². The number of para-hydroxylation sites is 1. The highest BCUT2D eigenvalue weighted by Gasteiger charge is 2.43. The topological polar surface area (TPSA) is 128 Å². The number of anilines is 2. The average molecular weight is 587 g/mol. The number of benzene rings is 2. The molecule has 14 heteroatoms. The molecule has 37 heavy (non-hydrogen) atoms. The Labute approximate surface area is 225 Å². The summed E-state index contributed by atoms with van der Waals surface area (Å²) in [4.78, 5) is -0.169. The Morgan fingerprint density at radius 2 is 1.84 bits per heavy atom. The first kappa shape index (κ1) is 28.7. The Hall–Kier alpha value is -2.85. The van der Waals surface area contributed by atoms with Gasteiger partial charge in [0.05, 0.1) is 24.7 Å². The minimum absolute atomic E-state index is 0.0616. The number of hydrogen-bond acceptors (Lipinski definition) is 9. The molecule has 1 N–H and O–H groups in total. The van der Waals surface area contributed by atoms with Crippen molar-refractivity contribution in [1.29, 1.82) is 0 Å². The number of aromatic nitrogens is 2. The first-order valence-corrected chi connectivity index (χ1v) is 14.2. The number of aryl methyl sites for hydroxylation is 1. The lowest BCUT2D eigenvalue weighted by atomic mass is 10.2. The van der Waals surface area contributed by atoms with E-state index in [1.165, 1.54) is 51.4 Å². The number of ether oxygens (including phenoxy) is 2. The number of hydrogen-bond donors (Lipinski definition) is 1. The molecule has 0 aliphatic carbocycles. The second-order valence-electron chi connectivity index (χ2n) is 8.31. The standard InChI is InChI=1S/C23H25Cl2N4O6PS/c1-15-11-16(13-17(12-15)35-10-9-26-18-14-27-28-22(25)21(18)24)29(23(2,3)36(30)31)37(32,33)20-8-6-5-7-19(20)34-4/h5-8,11-14H,9-10H2,1-4H3,(H,26,28). The third-order valence-corrected chi connectivity index (χ3v) is 9.25. The zero-order valence-electron chi connectivity index (χ0n) is 20.4. The molecule has 0 unspecified atom stereocenters. The highest BCUT2D eigenvalue weighted by molar-refractivity contribution is 7.93. The zero-order chi connectivity index (χ0) is 27.4. The largest absolute Gasteiger partial charge is 0.495 e. The lowest BCUT2D eigenvalue weighted by Crippen LogP contribution is -2.45. The van der Waals surface area contributed by atoms with Crippen LogP contribution in [0.15, 0.2) is 53.6 Å². The van der Waals surface area contributed by atoms with Gasteiger partial charge in [0.25, 0.3) is 10.0 Å². The van der Waals surface area contributed by atoms with Crippen LogP contribution in [0.5, 0.6) is 11.5 Å². The summed E-state index contributed by atoms with van der Waals surface area (Å²) in [5.41, 5.74) is 1.25. The molecule has 1 aromatic heterocycles. The molecule has 0 saturated carbocycles. The minimum Gasteiger partial charge on any atom is -0.495 e. The molecule has 0 spiro atoms. The van der Waals surface area contributed by atoms with Crippen molar-refractivity contribution in [3.05, 3.63) is 64.4 Å². The van der Waals surface area contributed by atoms with Crippen molar-refractivity contribution in [3.8, 4) is 11.5 Å². The monoisotopic (exact) mass is 586 g/mol. The summed E-state index contributed by atoms with van der Waals surface area (Å²) >= 11 is 12.0. The number of halogens is 2. The molecule has 0 atom stereocenters. The third-order valence-electron chi connectivity index (χ3n) is 5.24. The predicted molar refractivity (Wildman–Crippen MR) is 142 cm³/mol. The van der Waals surface area contributed by atoms with Gasteiger partial charge in [0.15, 0.2) is 10.4 Å². The fraction of sp³-hybridized carbons (Fsp3) is 0.304. The van der Waals surface area contributed by atoms with E-state index in [4.69, 9.17) is 32.7 Å². The fourth-order valence-corrected chi connectivity index (χ4v) is 6.42. The van der Waals surface area contributed by atoms with Crippen LogP contribution in [-0.4, -0.2) is 44.2 Å². The molecule has 3 rings (SSSR count). The molecule has 0 bridgehead atoms. The van der Waals surface area contributed by atoms with Crippen LogP contribution in [-0.2, 0) is 19.2 Å². The number of nitrogens with zero attached hydrogens (tertiary/aromatic N) is 3. The van der Waals surface area contributed by atoms with Gasteiger partial charge < -0.3 is 14.8 Å². The number of rotatable bonds is 11.